The van der Waals surface area contributed by atoms with Crippen molar-refractivity contribution in [2.75, 3.05) is 6.26 Å². The summed E-state index contributed by atoms with van der Waals surface area (Å²) in [6.45, 7) is 0. The van der Waals surface area contributed by atoms with Crippen LogP contribution in [0.3, 0.4) is 0 Å². The van der Waals surface area contributed by atoms with Gasteiger partial charge in [0.05, 0.1) is 4.90 Å². The summed E-state index contributed by atoms with van der Waals surface area (Å²) < 4.78 is 23.3. The van der Waals surface area contributed by atoms with Crippen LogP contribution in [0.25, 0.3) is 0 Å². The number of aromatic hydroxyl groups is 1. The Morgan fingerprint density at radius 1 is 1.38 bits per heavy atom. The minimum atomic E-state index is -3.36. The van der Waals surface area contributed by atoms with Crippen LogP contribution in [0.4, 0.5) is 0 Å². The summed E-state index contributed by atoms with van der Waals surface area (Å²) in [6, 6.07) is 4.51. The second-order valence-electron chi connectivity index (χ2n) is 4.43. The lowest BCUT2D eigenvalue weighted by atomic mass is 9.72. The first-order valence-corrected chi connectivity index (χ1v) is 7.05. The molecule has 0 saturated heterocycles. The Morgan fingerprint density at radius 3 is 2.44 bits per heavy atom. The first kappa shape index (κ1) is 11.4. The quantitative estimate of drug-likeness (QED) is 0.813. The molecule has 0 bridgehead atoms. The summed E-state index contributed by atoms with van der Waals surface area (Å²) >= 11 is 0. The zero-order valence-corrected chi connectivity index (χ0v) is 9.92. The molecule has 0 radical (unpaired) electrons. The van der Waals surface area contributed by atoms with Crippen LogP contribution in [-0.4, -0.2) is 19.8 Å². The van der Waals surface area contributed by atoms with Gasteiger partial charge in [-0.2, -0.15) is 0 Å². The minimum Gasteiger partial charge on any atom is -0.508 e. The molecule has 1 fully saturated rings. The minimum absolute atomic E-state index is 0.0230. The lowest BCUT2D eigenvalue weighted by molar-refractivity contribution is 0.240. The van der Waals surface area contributed by atoms with E-state index in [9.17, 15) is 13.5 Å². The van der Waals surface area contributed by atoms with Gasteiger partial charge in [-0.15, -0.1) is 0 Å². The Balaban J connectivity index is 2.67. The zero-order valence-electron chi connectivity index (χ0n) is 9.10. The Morgan fingerprint density at radius 2 is 2.00 bits per heavy atom. The smallest absolute Gasteiger partial charge is 0.176 e. The van der Waals surface area contributed by atoms with Crippen LogP contribution in [0.2, 0.25) is 0 Å². The largest absolute Gasteiger partial charge is 0.508 e. The van der Waals surface area contributed by atoms with Gasteiger partial charge in [-0.25, -0.2) is 8.42 Å². The van der Waals surface area contributed by atoms with Crippen molar-refractivity contribution >= 4 is 9.84 Å². The van der Waals surface area contributed by atoms with Crippen molar-refractivity contribution in [2.24, 2.45) is 5.73 Å². The van der Waals surface area contributed by atoms with Crippen molar-refractivity contribution < 1.29 is 13.5 Å². The molecule has 1 aliphatic rings. The van der Waals surface area contributed by atoms with Crippen LogP contribution in [0.1, 0.15) is 24.8 Å². The van der Waals surface area contributed by atoms with Crippen molar-refractivity contribution in [2.45, 2.75) is 29.7 Å². The molecule has 0 atom stereocenters. The van der Waals surface area contributed by atoms with Gasteiger partial charge in [0.2, 0.25) is 0 Å². The Kier molecular flexibility index (Phi) is 2.47. The van der Waals surface area contributed by atoms with Gasteiger partial charge < -0.3 is 10.8 Å². The number of nitrogens with two attached hydrogens (primary N) is 1. The molecule has 0 spiro atoms. The molecule has 1 saturated carbocycles. The zero-order chi connectivity index (χ0) is 12.0. The standard InChI is InChI=1S/C11H15NO3S/c1-16(14,15)9-5-2-4-8(13)10(9)11(12)6-3-7-11/h2,4-5,13H,3,6-7,12H2,1H3. The average Bonchev–Trinajstić information content (AvgIpc) is 2.12. The average molecular weight is 241 g/mol. The molecule has 0 heterocycles. The first-order chi connectivity index (χ1) is 7.34. The third-order valence-electron chi connectivity index (χ3n) is 3.15. The van der Waals surface area contributed by atoms with Gasteiger partial charge in [0.25, 0.3) is 0 Å². The molecule has 2 rings (SSSR count). The fourth-order valence-electron chi connectivity index (χ4n) is 2.14. The number of hydrogen-bond acceptors (Lipinski definition) is 4. The lowest BCUT2D eigenvalue weighted by Gasteiger charge is -2.39. The Hall–Kier alpha value is -1.07. The van der Waals surface area contributed by atoms with E-state index in [1.54, 1.807) is 0 Å². The second kappa shape index (κ2) is 3.46. The molecule has 3 N–H and O–H groups in total. The Labute approximate surface area is 95.0 Å². The fourth-order valence-corrected chi connectivity index (χ4v) is 3.14. The summed E-state index contributed by atoms with van der Waals surface area (Å²) in [4.78, 5) is 0.148. The molecule has 16 heavy (non-hydrogen) atoms. The van der Waals surface area contributed by atoms with E-state index in [1.807, 2.05) is 0 Å². The van der Waals surface area contributed by atoms with Crippen molar-refractivity contribution in [3.05, 3.63) is 23.8 Å². The highest BCUT2D eigenvalue weighted by molar-refractivity contribution is 7.90. The second-order valence-corrected chi connectivity index (χ2v) is 6.42. The first-order valence-electron chi connectivity index (χ1n) is 5.16. The van der Waals surface area contributed by atoms with E-state index in [0.717, 1.165) is 12.7 Å². The number of sulfone groups is 1. The highest BCUT2D eigenvalue weighted by atomic mass is 32.2. The van der Waals surface area contributed by atoms with E-state index in [4.69, 9.17) is 5.73 Å². The molecule has 0 aromatic heterocycles. The van der Waals surface area contributed by atoms with Crippen LogP contribution in [0, 0.1) is 0 Å². The van der Waals surface area contributed by atoms with Crippen molar-refractivity contribution in [3.63, 3.8) is 0 Å². The number of hydrogen-bond donors (Lipinski definition) is 2. The van der Waals surface area contributed by atoms with Crippen LogP contribution in [-0.2, 0) is 15.4 Å². The monoisotopic (exact) mass is 241 g/mol. The van der Waals surface area contributed by atoms with Gasteiger partial charge in [-0.1, -0.05) is 6.07 Å². The van der Waals surface area contributed by atoms with Gasteiger partial charge in [0.1, 0.15) is 5.75 Å². The maximum Gasteiger partial charge on any atom is 0.176 e. The molecule has 0 aliphatic heterocycles. The van der Waals surface area contributed by atoms with Crippen LogP contribution < -0.4 is 5.73 Å². The number of phenols is 1. The third-order valence-corrected chi connectivity index (χ3v) is 4.29. The van der Waals surface area contributed by atoms with Gasteiger partial charge in [-0.3, -0.25) is 0 Å². The maximum absolute atomic E-state index is 11.6. The number of benzene rings is 1. The van der Waals surface area contributed by atoms with Gasteiger partial charge in [0, 0.05) is 17.4 Å². The summed E-state index contributed by atoms with van der Waals surface area (Å²) in [7, 11) is -3.36. The van der Waals surface area contributed by atoms with E-state index < -0.39 is 15.4 Å². The van der Waals surface area contributed by atoms with Crippen molar-refractivity contribution in [1.82, 2.24) is 0 Å². The summed E-state index contributed by atoms with van der Waals surface area (Å²) in [6.07, 6.45) is 3.53. The summed E-state index contributed by atoms with van der Waals surface area (Å²) in [5.41, 5.74) is 5.80. The third kappa shape index (κ3) is 1.70. The highest BCUT2D eigenvalue weighted by Crippen LogP contribution is 2.45. The fraction of sp³-hybridized carbons (Fsp3) is 0.455. The van der Waals surface area contributed by atoms with E-state index >= 15 is 0 Å². The molecule has 0 amide bonds. The molecule has 1 aliphatic carbocycles. The maximum atomic E-state index is 11.6. The molecular formula is C11H15NO3S. The molecule has 1 aromatic rings. The molecule has 0 unspecified atom stereocenters. The van der Waals surface area contributed by atoms with Crippen molar-refractivity contribution in [1.29, 1.82) is 0 Å². The number of phenolic OH excluding ortho intramolecular Hbond substituents is 1. The van der Waals surface area contributed by atoms with Gasteiger partial charge >= 0.3 is 0 Å². The predicted molar refractivity (Wildman–Crippen MR) is 60.9 cm³/mol. The van der Waals surface area contributed by atoms with Crippen LogP contribution in [0.5, 0.6) is 5.75 Å². The molecule has 5 heteroatoms. The molecular weight excluding hydrogens is 226 g/mol. The highest BCUT2D eigenvalue weighted by Gasteiger charge is 2.39. The topological polar surface area (TPSA) is 80.4 Å². The summed E-state index contributed by atoms with van der Waals surface area (Å²) in [5, 5.41) is 9.81. The van der Waals surface area contributed by atoms with E-state index in [0.29, 0.717) is 18.4 Å². The SMILES string of the molecule is CS(=O)(=O)c1cccc(O)c1C1(N)CCC1. The molecule has 88 valence electrons. The van der Waals surface area contributed by atoms with Crippen LogP contribution in [0.15, 0.2) is 23.1 Å². The van der Waals surface area contributed by atoms with Crippen LogP contribution >= 0.6 is 0 Å². The van der Waals surface area contributed by atoms with E-state index in [-0.39, 0.29) is 10.6 Å². The number of rotatable bonds is 2. The molecule has 1 aromatic carbocycles. The van der Waals surface area contributed by atoms with Gasteiger partial charge in [0.15, 0.2) is 9.84 Å². The summed E-state index contributed by atoms with van der Waals surface area (Å²) in [5.74, 6) is -0.0230. The van der Waals surface area contributed by atoms with E-state index in [2.05, 4.69) is 0 Å². The van der Waals surface area contributed by atoms with E-state index in [1.165, 1.54) is 18.2 Å². The Bertz CT molecular complexity index is 518. The predicted octanol–water partition coefficient (Wildman–Crippen LogP) is 1.13. The lowest BCUT2D eigenvalue weighted by Crippen LogP contribution is -2.44. The normalized spacial score (nSPS) is 19.1. The van der Waals surface area contributed by atoms with Gasteiger partial charge in [-0.05, 0) is 31.4 Å². The molecule has 4 nitrogen and oxygen atoms in total. The van der Waals surface area contributed by atoms with Crippen molar-refractivity contribution in [3.8, 4) is 5.75 Å².